The van der Waals surface area contributed by atoms with Crippen LogP contribution >= 0.6 is 23.2 Å². The molecule has 0 saturated carbocycles. The number of ether oxygens (including phenoxy) is 1. The first-order chi connectivity index (χ1) is 12.8. The summed E-state index contributed by atoms with van der Waals surface area (Å²) in [6, 6.07) is 8.38. The van der Waals surface area contributed by atoms with Gasteiger partial charge < -0.3 is 14.5 Å². The van der Waals surface area contributed by atoms with E-state index in [0.717, 1.165) is 10.9 Å². The molecule has 1 N–H and O–H groups in total. The van der Waals surface area contributed by atoms with Crippen molar-refractivity contribution in [3.05, 3.63) is 67.5 Å². The summed E-state index contributed by atoms with van der Waals surface area (Å²) in [5.41, 5.74) is 2.72. The molecule has 7 heteroatoms. The summed E-state index contributed by atoms with van der Waals surface area (Å²) in [5, 5.41) is 4.28. The minimum atomic E-state index is -0.377. The topological polar surface area (TPSA) is 68.5 Å². The van der Waals surface area contributed by atoms with Crippen LogP contribution in [0, 0.1) is 20.8 Å². The fourth-order valence-corrected chi connectivity index (χ4v) is 2.99. The molecular weight excluding hydrogens is 389 g/mol. The Hall–Kier alpha value is -2.50. The number of nitrogens with one attached hydrogen (secondary N) is 1. The summed E-state index contributed by atoms with van der Waals surface area (Å²) in [6.07, 6.45) is 0. The summed E-state index contributed by atoms with van der Waals surface area (Å²) in [6.45, 7) is 5.18. The fraction of sp³-hybridized carbons (Fsp3) is 0.200. The number of carbonyl (C=O) groups is 1. The summed E-state index contributed by atoms with van der Waals surface area (Å²) < 4.78 is 11.0. The van der Waals surface area contributed by atoms with Crippen molar-refractivity contribution in [2.45, 2.75) is 20.8 Å². The van der Waals surface area contributed by atoms with Gasteiger partial charge in [-0.05, 0) is 56.7 Å². The number of anilines is 1. The molecule has 0 spiro atoms. The summed E-state index contributed by atoms with van der Waals surface area (Å²) >= 11 is 11.8. The van der Waals surface area contributed by atoms with E-state index in [1.54, 1.807) is 38.1 Å². The van der Waals surface area contributed by atoms with E-state index >= 15 is 0 Å². The first-order valence-corrected chi connectivity index (χ1v) is 8.95. The van der Waals surface area contributed by atoms with E-state index in [9.17, 15) is 9.59 Å². The Morgan fingerprint density at radius 1 is 1.04 bits per heavy atom. The number of aryl methyl sites for hydroxylation is 2. The lowest BCUT2D eigenvalue weighted by Gasteiger charge is -2.12. The molecule has 0 aliphatic heterocycles. The molecule has 5 nitrogen and oxygen atoms in total. The Bertz CT molecular complexity index is 1110. The second-order valence-corrected chi connectivity index (χ2v) is 6.99. The highest BCUT2D eigenvalue weighted by Gasteiger charge is 2.14. The highest BCUT2D eigenvalue weighted by atomic mass is 35.5. The van der Waals surface area contributed by atoms with Gasteiger partial charge in [0.05, 0.1) is 10.0 Å². The van der Waals surface area contributed by atoms with E-state index in [0.29, 0.717) is 38.2 Å². The van der Waals surface area contributed by atoms with E-state index in [2.05, 4.69) is 5.32 Å². The van der Waals surface area contributed by atoms with Crippen LogP contribution in [-0.2, 0) is 4.79 Å². The quantitative estimate of drug-likeness (QED) is 0.617. The fourth-order valence-electron chi connectivity index (χ4n) is 2.70. The van der Waals surface area contributed by atoms with E-state index in [4.69, 9.17) is 32.4 Å². The maximum absolute atomic E-state index is 12.1. The minimum Gasteiger partial charge on any atom is -0.483 e. The van der Waals surface area contributed by atoms with Gasteiger partial charge in [-0.3, -0.25) is 4.79 Å². The Morgan fingerprint density at radius 2 is 1.78 bits per heavy atom. The number of halogens is 2. The molecule has 0 atom stereocenters. The normalized spacial score (nSPS) is 10.9. The zero-order valence-electron chi connectivity index (χ0n) is 15.0. The number of fused-ring (bicyclic) bond motifs is 1. The number of carbonyl (C=O) groups excluding carboxylic acids is 1. The van der Waals surface area contributed by atoms with Crippen molar-refractivity contribution in [2.24, 2.45) is 0 Å². The molecule has 1 aromatic heterocycles. The number of rotatable bonds is 4. The van der Waals surface area contributed by atoms with Crippen LogP contribution in [0.3, 0.4) is 0 Å². The summed E-state index contributed by atoms with van der Waals surface area (Å²) in [5.74, 6) is 0.118. The molecule has 2 aromatic carbocycles. The molecule has 3 rings (SSSR count). The van der Waals surface area contributed by atoms with Gasteiger partial charge in [0, 0.05) is 22.2 Å². The third-order valence-electron chi connectivity index (χ3n) is 4.39. The highest BCUT2D eigenvalue weighted by molar-refractivity contribution is 6.42. The van der Waals surface area contributed by atoms with Gasteiger partial charge in [0.25, 0.3) is 5.91 Å². The molecule has 0 radical (unpaired) electrons. The number of hydrogen-bond acceptors (Lipinski definition) is 4. The molecule has 0 fully saturated rings. The van der Waals surface area contributed by atoms with E-state index < -0.39 is 0 Å². The van der Waals surface area contributed by atoms with Gasteiger partial charge in [-0.2, -0.15) is 0 Å². The highest BCUT2D eigenvalue weighted by Crippen LogP contribution is 2.29. The predicted molar refractivity (Wildman–Crippen MR) is 107 cm³/mol. The molecule has 0 unspecified atom stereocenters. The van der Waals surface area contributed by atoms with Gasteiger partial charge in [-0.25, -0.2) is 4.79 Å². The maximum atomic E-state index is 12.1. The van der Waals surface area contributed by atoms with Crippen molar-refractivity contribution in [2.75, 3.05) is 11.9 Å². The van der Waals surface area contributed by atoms with Crippen LogP contribution in [0.25, 0.3) is 11.0 Å². The minimum absolute atomic E-state index is 0.207. The van der Waals surface area contributed by atoms with Crippen molar-refractivity contribution in [1.82, 2.24) is 0 Å². The number of hydrogen-bond donors (Lipinski definition) is 1. The Morgan fingerprint density at radius 3 is 2.48 bits per heavy atom. The number of benzene rings is 2. The Labute approximate surface area is 165 Å². The number of amides is 1. The van der Waals surface area contributed by atoms with Crippen LogP contribution in [-0.4, -0.2) is 12.5 Å². The van der Waals surface area contributed by atoms with Gasteiger partial charge in [-0.1, -0.05) is 23.2 Å². The molecule has 3 aromatic rings. The van der Waals surface area contributed by atoms with Gasteiger partial charge in [0.2, 0.25) is 0 Å². The molecular formula is C20H17Cl2NO4. The molecule has 0 saturated heterocycles. The van der Waals surface area contributed by atoms with Crippen LogP contribution in [0.5, 0.6) is 5.75 Å². The monoisotopic (exact) mass is 405 g/mol. The van der Waals surface area contributed by atoms with E-state index in [1.807, 2.05) is 13.0 Å². The first kappa shape index (κ1) is 19.3. The van der Waals surface area contributed by atoms with Crippen LogP contribution in [0.1, 0.15) is 16.7 Å². The largest absolute Gasteiger partial charge is 0.483 e. The van der Waals surface area contributed by atoms with Crippen LogP contribution in [0.4, 0.5) is 5.69 Å². The first-order valence-electron chi connectivity index (χ1n) is 8.19. The average molecular weight is 406 g/mol. The third kappa shape index (κ3) is 3.94. The molecule has 0 bridgehead atoms. The van der Waals surface area contributed by atoms with Crippen LogP contribution < -0.4 is 15.7 Å². The molecule has 140 valence electrons. The third-order valence-corrected chi connectivity index (χ3v) is 5.12. The summed E-state index contributed by atoms with van der Waals surface area (Å²) in [7, 11) is 0. The smallest absolute Gasteiger partial charge is 0.339 e. The van der Waals surface area contributed by atoms with Crippen molar-refractivity contribution in [1.29, 1.82) is 0 Å². The van der Waals surface area contributed by atoms with Crippen LogP contribution in [0.2, 0.25) is 10.0 Å². The second kappa shape index (κ2) is 7.62. The van der Waals surface area contributed by atoms with Crippen molar-refractivity contribution >= 4 is 45.8 Å². The molecule has 0 aliphatic carbocycles. The second-order valence-electron chi connectivity index (χ2n) is 6.17. The summed E-state index contributed by atoms with van der Waals surface area (Å²) in [4.78, 5) is 24.1. The SMILES string of the molecule is Cc1c(C)c2ccc(OCC(=O)Nc3ccc(Cl)c(Cl)c3)c(C)c2oc1=O. The van der Waals surface area contributed by atoms with Gasteiger partial charge in [-0.15, -0.1) is 0 Å². The predicted octanol–water partition coefficient (Wildman–Crippen LogP) is 5.04. The lowest BCUT2D eigenvalue weighted by Crippen LogP contribution is -2.20. The van der Waals surface area contributed by atoms with Crippen molar-refractivity contribution in [3.63, 3.8) is 0 Å². The van der Waals surface area contributed by atoms with E-state index in [-0.39, 0.29) is 18.1 Å². The van der Waals surface area contributed by atoms with Gasteiger partial charge >= 0.3 is 5.63 Å². The van der Waals surface area contributed by atoms with Crippen molar-refractivity contribution in [3.8, 4) is 5.75 Å². The molecule has 1 heterocycles. The zero-order valence-corrected chi connectivity index (χ0v) is 16.5. The Balaban J connectivity index is 1.77. The standard InChI is InChI=1S/C20H17Cl2NO4/c1-10-11(2)20(25)27-19-12(3)17(7-5-14(10)19)26-9-18(24)23-13-4-6-15(21)16(22)8-13/h4-8H,9H2,1-3H3,(H,23,24). The zero-order chi connectivity index (χ0) is 19.7. The average Bonchev–Trinajstić information content (AvgIpc) is 2.63. The van der Waals surface area contributed by atoms with Crippen molar-refractivity contribution < 1.29 is 13.9 Å². The molecule has 1 amide bonds. The van der Waals surface area contributed by atoms with E-state index in [1.165, 1.54) is 0 Å². The lowest BCUT2D eigenvalue weighted by atomic mass is 10.0. The van der Waals surface area contributed by atoms with Crippen LogP contribution in [0.15, 0.2) is 39.5 Å². The lowest BCUT2D eigenvalue weighted by molar-refractivity contribution is -0.118. The maximum Gasteiger partial charge on any atom is 0.339 e. The van der Waals surface area contributed by atoms with Gasteiger partial charge in [0.15, 0.2) is 6.61 Å². The Kier molecular flexibility index (Phi) is 5.44. The molecule has 27 heavy (non-hydrogen) atoms. The van der Waals surface area contributed by atoms with Gasteiger partial charge in [0.1, 0.15) is 11.3 Å². The molecule has 0 aliphatic rings.